The van der Waals surface area contributed by atoms with Crippen LogP contribution < -0.4 is 10.5 Å². The van der Waals surface area contributed by atoms with Crippen molar-refractivity contribution in [2.24, 2.45) is 0 Å². The zero-order chi connectivity index (χ0) is 15.3. The van der Waals surface area contributed by atoms with Crippen LogP contribution in [0.1, 0.15) is 12.8 Å². The van der Waals surface area contributed by atoms with Crippen molar-refractivity contribution in [1.82, 2.24) is 9.62 Å². The van der Waals surface area contributed by atoms with Crippen LogP contribution in [-0.4, -0.2) is 51.0 Å². The lowest BCUT2D eigenvalue weighted by atomic mass is 10.1. The van der Waals surface area contributed by atoms with Crippen LogP contribution in [0.2, 0.25) is 0 Å². The van der Waals surface area contributed by atoms with Crippen LogP contribution in [0.5, 0.6) is 0 Å². The molecule has 1 atom stereocenters. The molecule has 0 spiro atoms. The maximum Gasteiger partial charge on any atom is 0.212 e. The average molecular weight is 329 g/mol. The van der Waals surface area contributed by atoms with Crippen molar-refractivity contribution >= 4 is 27.5 Å². The molecule has 1 unspecified atom stereocenters. The highest BCUT2D eigenvalue weighted by atomic mass is 32.2. The Bertz CT molecular complexity index is 563. The van der Waals surface area contributed by atoms with Gasteiger partial charge >= 0.3 is 0 Å². The van der Waals surface area contributed by atoms with E-state index < -0.39 is 10.0 Å². The molecule has 1 aromatic carbocycles. The molecule has 1 aromatic rings. The van der Waals surface area contributed by atoms with Gasteiger partial charge in [-0.25, -0.2) is 13.1 Å². The summed E-state index contributed by atoms with van der Waals surface area (Å²) in [5.41, 5.74) is 6.54. The number of nitrogen functional groups attached to an aromatic ring is 1. The molecule has 7 heteroatoms. The average Bonchev–Trinajstić information content (AvgIpc) is 2.40. The number of likely N-dealkylation sites (tertiary alicyclic amines) is 1. The molecule has 0 aromatic heterocycles. The van der Waals surface area contributed by atoms with Crippen molar-refractivity contribution in [2.75, 3.05) is 37.4 Å². The maximum absolute atomic E-state index is 12.1. The lowest BCUT2D eigenvalue weighted by molar-refractivity contribution is 0.242. The molecule has 1 fully saturated rings. The normalized spacial score (nSPS) is 20.5. The second-order valence-electron chi connectivity index (χ2n) is 5.42. The summed E-state index contributed by atoms with van der Waals surface area (Å²) in [6.45, 7) is 1.83. The fraction of sp³-hybridized carbons (Fsp3) is 0.571. The minimum atomic E-state index is -3.23. The lowest BCUT2D eigenvalue weighted by Gasteiger charge is -2.29. The first-order valence-corrected chi connectivity index (χ1v) is 9.76. The summed E-state index contributed by atoms with van der Waals surface area (Å²) in [6.07, 6.45) is 1.96. The Balaban J connectivity index is 1.80. The van der Waals surface area contributed by atoms with Crippen LogP contribution >= 0.6 is 11.8 Å². The lowest BCUT2D eigenvalue weighted by Crippen LogP contribution is -2.47. The van der Waals surface area contributed by atoms with Crippen molar-refractivity contribution < 1.29 is 8.42 Å². The minimum absolute atomic E-state index is 0.0422. The summed E-state index contributed by atoms with van der Waals surface area (Å²) in [7, 11) is -1.20. The van der Waals surface area contributed by atoms with E-state index in [0.29, 0.717) is 11.4 Å². The van der Waals surface area contributed by atoms with E-state index in [2.05, 4.69) is 9.62 Å². The van der Waals surface area contributed by atoms with Crippen LogP contribution in [-0.2, 0) is 10.0 Å². The Morgan fingerprint density at radius 1 is 1.43 bits per heavy atom. The molecule has 118 valence electrons. The van der Waals surface area contributed by atoms with Gasteiger partial charge in [0.1, 0.15) is 0 Å². The van der Waals surface area contributed by atoms with Crippen LogP contribution in [0.15, 0.2) is 29.2 Å². The van der Waals surface area contributed by atoms with Gasteiger partial charge in [0.15, 0.2) is 0 Å². The quantitative estimate of drug-likeness (QED) is 0.609. The molecule has 0 amide bonds. The number of para-hydroxylation sites is 1. The molecule has 1 saturated heterocycles. The summed E-state index contributed by atoms with van der Waals surface area (Å²) < 4.78 is 27.0. The van der Waals surface area contributed by atoms with Gasteiger partial charge in [0.25, 0.3) is 0 Å². The summed E-state index contributed by atoms with van der Waals surface area (Å²) in [5, 5.41) is 0. The first-order valence-electron chi connectivity index (χ1n) is 7.12. The van der Waals surface area contributed by atoms with Crippen molar-refractivity contribution in [1.29, 1.82) is 0 Å². The zero-order valence-electron chi connectivity index (χ0n) is 12.3. The van der Waals surface area contributed by atoms with Gasteiger partial charge in [0.05, 0.1) is 5.75 Å². The molecule has 1 heterocycles. The Morgan fingerprint density at radius 3 is 2.90 bits per heavy atom. The molecule has 1 aliphatic rings. The molecule has 0 saturated carbocycles. The highest BCUT2D eigenvalue weighted by molar-refractivity contribution is 8.00. The number of hydrogen-bond donors (Lipinski definition) is 2. The maximum atomic E-state index is 12.1. The molecule has 21 heavy (non-hydrogen) atoms. The van der Waals surface area contributed by atoms with Gasteiger partial charge in [-0.2, -0.15) is 0 Å². The van der Waals surface area contributed by atoms with E-state index in [1.807, 2.05) is 31.3 Å². The van der Waals surface area contributed by atoms with Crippen molar-refractivity contribution in [3.05, 3.63) is 24.3 Å². The molecular formula is C14H23N3O2S2. The van der Waals surface area contributed by atoms with Gasteiger partial charge in [-0.05, 0) is 38.6 Å². The number of nitrogens with one attached hydrogen (secondary N) is 1. The number of benzene rings is 1. The fourth-order valence-corrected chi connectivity index (χ4v) is 5.11. The van der Waals surface area contributed by atoms with E-state index in [-0.39, 0.29) is 11.8 Å². The van der Waals surface area contributed by atoms with E-state index in [0.717, 1.165) is 30.8 Å². The number of rotatable bonds is 6. The first-order chi connectivity index (χ1) is 9.96. The third kappa shape index (κ3) is 5.50. The molecule has 0 aliphatic carbocycles. The fourth-order valence-electron chi connectivity index (χ4n) is 2.45. The van der Waals surface area contributed by atoms with Gasteiger partial charge in [0.2, 0.25) is 10.0 Å². The third-order valence-electron chi connectivity index (χ3n) is 3.50. The Hall–Kier alpha value is -0.760. The number of likely N-dealkylation sites (N-methyl/N-ethyl adjacent to an activating group) is 1. The first kappa shape index (κ1) is 16.6. The van der Waals surface area contributed by atoms with Crippen molar-refractivity contribution in [3.8, 4) is 0 Å². The summed E-state index contributed by atoms with van der Waals surface area (Å²) in [4.78, 5) is 3.10. The van der Waals surface area contributed by atoms with E-state index in [1.165, 1.54) is 11.8 Å². The molecule has 0 bridgehead atoms. The predicted molar refractivity (Wildman–Crippen MR) is 89.0 cm³/mol. The smallest absolute Gasteiger partial charge is 0.212 e. The second kappa shape index (κ2) is 7.49. The number of nitrogens with two attached hydrogens (primary N) is 1. The topological polar surface area (TPSA) is 75.4 Å². The summed E-state index contributed by atoms with van der Waals surface area (Å²) >= 11 is 1.48. The van der Waals surface area contributed by atoms with E-state index in [4.69, 9.17) is 5.73 Å². The van der Waals surface area contributed by atoms with Gasteiger partial charge in [-0.15, -0.1) is 11.8 Å². The summed E-state index contributed by atoms with van der Waals surface area (Å²) in [6, 6.07) is 7.56. The Labute approximate surface area is 131 Å². The van der Waals surface area contributed by atoms with Crippen LogP contribution in [0, 0.1) is 0 Å². The molecular weight excluding hydrogens is 306 g/mol. The van der Waals surface area contributed by atoms with Crippen LogP contribution in [0.4, 0.5) is 5.69 Å². The third-order valence-corrected chi connectivity index (χ3v) is 6.28. The number of anilines is 1. The number of piperidine rings is 1. The SMILES string of the molecule is CN1CCCC(NS(=O)(=O)CCSc2ccccc2N)C1. The number of thioether (sulfide) groups is 1. The monoisotopic (exact) mass is 329 g/mol. The Kier molecular flexibility index (Phi) is 5.92. The van der Waals surface area contributed by atoms with E-state index >= 15 is 0 Å². The zero-order valence-corrected chi connectivity index (χ0v) is 13.9. The van der Waals surface area contributed by atoms with Crippen molar-refractivity contribution in [3.63, 3.8) is 0 Å². The van der Waals surface area contributed by atoms with Gasteiger partial charge in [0, 0.05) is 28.9 Å². The van der Waals surface area contributed by atoms with Crippen LogP contribution in [0.3, 0.4) is 0 Å². The highest BCUT2D eigenvalue weighted by Gasteiger charge is 2.22. The summed E-state index contributed by atoms with van der Waals surface area (Å²) in [5.74, 6) is 0.623. The molecule has 5 nitrogen and oxygen atoms in total. The molecule has 0 radical (unpaired) electrons. The number of nitrogens with zero attached hydrogens (tertiary/aromatic N) is 1. The van der Waals surface area contributed by atoms with Crippen LogP contribution in [0.25, 0.3) is 0 Å². The van der Waals surface area contributed by atoms with E-state index in [1.54, 1.807) is 0 Å². The molecule has 2 rings (SSSR count). The second-order valence-corrected chi connectivity index (χ2v) is 8.43. The van der Waals surface area contributed by atoms with Gasteiger partial charge < -0.3 is 10.6 Å². The predicted octanol–water partition coefficient (Wildman–Crippen LogP) is 1.37. The molecule has 3 N–H and O–H groups in total. The number of hydrogen-bond acceptors (Lipinski definition) is 5. The Morgan fingerprint density at radius 2 is 2.19 bits per heavy atom. The highest BCUT2D eigenvalue weighted by Crippen LogP contribution is 2.24. The molecule has 1 aliphatic heterocycles. The van der Waals surface area contributed by atoms with Gasteiger partial charge in [-0.1, -0.05) is 12.1 Å². The van der Waals surface area contributed by atoms with Gasteiger partial charge in [-0.3, -0.25) is 0 Å². The van der Waals surface area contributed by atoms with E-state index in [9.17, 15) is 8.42 Å². The number of sulfonamides is 1. The minimum Gasteiger partial charge on any atom is -0.398 e. The largest absolute Gasteiger partial charge is 0.398 e. The standard InChI is InChI=1S/C14H23N3O2S2/c1-17-8-4-5-12(11-17)16-21(18,19)10-9-20-14-7-3-2-6-13(14)15/h2-3,6-7,12,16H,4-5,8-11,15H2,1H3. The van der Waals surface area contributed by atoms with Crippen molar-refractivity contribution in [2.45, 2.75) is 23.8 Å².